The summed E-state index contributed by atoms with van der Waals surface area (Å²) in [5.41, 5.74) is -0.237. The Kier molecular flexibility index (Phi) is 6.98. The number of rotatable bonds is 5. The van der Waals surface area contributed by atoms with Crippen LogP contribution in [0.1, 0.15) is 27.0 Å². The molecule has 1 unspecified atom stereocenters. The Balaban J connectivity index is 1.64. The highest BCUT2D eigenvalue weighted by Crippen LogP contribution is 2.47. The smallest absolute Gasteiger partial charge is 0.348 e. The third-order valence-corrected chi connectivity index (χ3v) is 9.24. The zero-order valence-electron chi connectivity index (χ0n) is 23.0. The van der Waals surface area contributed by atoms with Crippen molar-refractivity contribution in [3.63, 3.8) is 0 Å². The van der Waals surface area contributed by atoms with Gasteiger partial charge in [0.05, 0.1) is 5.44 Å². The second kappa shape index (κ2) is 9.35. The summed E-state index contributed by atoms with van der Waals surface area (Å²) in [6.45, 7) is 0.0925. The minimum absolute atomic E-state index is 0.0925. The highest BCUT2D eigenvalue weighted by Gasteiger charge is 2.58. The summed E-state index contributed by atoms with van der Waals surface area (Å²) < 4.78 is 30.3. The Labute approximate surface area is 237 Å². The lowest BCUT2D eigenvalue weighted by atomic mass is 9.35. The van der Waals surface area contributed by atoms with Crippen molar-refractivity contribution in [2.24, 2.45) is 0 Å². The van der Waals surface area contributed by atoms with Crippen LogP contribution in [0.4, 0.5) is 8.78 Å². The third-order valence-electron chi connectivity index (χ3n) is 8.99. The number of carbonyl (C=O) groups is 4. The van der Waals surface area contributed by atoms with E-state index in [1.165, 1.54) is 25.0 Å². The second-order valence-corrected chi connectivity index (χ2v) is 12.1. The molecule has 0 radical (unpaired) electrons. The summed E-state index contributed by atoms with van der Waals surface area (Å²) in [7, 11) is 11.5. The van der Waals surface area contributed by atoms with Crippen molar-refractivity contribution < 1.29 is 28.0 Å². The zero-order chi connectivity index (χ0) is 29.3. The maximum absolute atomic E-state index is 15.2. The SMILES string of the molecule is BC1C(B)(B)C(=O)NC(=O)[C@]1(B)N1Cc2cc(C(B)(B)N(B)C(=O)C(F)(F)c3ccc(Cl)cc3)ccc2C1=O. The number of piperidine rings is 1. The van der Waals surface area contributed by atoms with Crippen LogP contribution in [0.5, 0.6) is 0 Å². The van der Waals surface area contributed by atoms with E-state index in [2.05, 4.69) is 5.32 Å². The number of hydrogen-bond donors (Lipinski definition) is 1. The van der Waals surface area contributed by atoms with Crippen LogP contribution < -0.4 is 5.32 Å². The molecule has 4 rings (SSSR count). The van der Waals surface area contributed by atoms with Crippen LogP contribution >= 0.6 is 11.6 Å². The average Bonchev–Trinajstić information content (AvgIpc) is 3.22. The molecule has 2 aromatic carbocycles. The van der Waals surface area contributed by atoms with Gasteiger partial charge in [-0.15, -0.1) is 0 Å². The molecular formula is C22H25B7ClF2N3O4. The molecule has 4 amide bonds. The molecular weight excluding hydrogens is 519 g/mol. The molecule has 1 fully saturated rings. The lowest BCUT2D eigenvalue weighted by Crippen LogP contribution is -2.70. The molecule has 0 saturated carbocycles. The highest BCUT2D eigenvalue weighted by atomic mass is 35.5. The number of fused-ring (bicyclic) bond motifs is 1. The number of nitrogens with one attached hydrogen (secondary N) is 1. The number of halogens is 3. The minimum atomic E-state index is -3.79. The molecule has 7 nitrogen and oxygen atoms in total. The lowest BCUT2D eigenvalue weighted by molar-refractivity contribution is -0.155. The van der Waals surface area contributed by atoms with Crippen LogP contribution in [-0.4, -0.2) is 93.8 Å². The van der Waals surface area contributed by atoms with E-state index in [4.69, 9.17) is 11.6 Å². The number of carbonyl (C=O) groups excluding carboxylic acids is 4. The van der Waals surface area contributed by atoms with E-state index in [9.17, 15) is 19.2 Å². The van der Waals surface area contributed by atoms with Crippen molar-refractivity contribution in [2.45, 2.75) is 34.3 Å². The summed E-state index contributed by atoms with van der Waals surface area (Å²) in [6, 6.07) is 9.78. The van der Waals surface area contributed by atoms with E-state index in [1.54, 1.807) is 65.3 Å². The first-order chi connectivity index (χ1) is 17.9. The summed E-state index contributed by atoms with van der Waals surface area (Å²) in [6.07, 6.45) is 0. The Hall–Kier alpha value is -2.88. The standard InChI is InChI=1S/C22H25B7ClF2N3O4/c23-15-19(24,25)16(37)33-17(38)20(15,26)34-8-9-7-11(3-6-13(9)14(34)36)22(27,28)35(29)18(39)21(31,32)10-1-4-12(30)5-2-10/h1-7,15H,8,23-29H2,(H,33,37,38)/t15?,20-/m1/s1. The van der Waals surface area contributed by atoms with Gasteiger partial charge in [0.2, 0.25) is 19.8 Å². The normalized spacial score (nSPS) is 22.8. The van der Waals surface area contributed by atoms with Crippen LogP contribution in [0.2, 0.25) is 16.1 Å². The first-order valence-electron chi connectivity index (χ1n) is 12.6. The molecule has 2 aromatic rings. The Morgan fingerprint density at radius 1 is 1.03 bits per heavy atom. The van der Waals surface area contributed by atoms with Crippen LogP contribution in [0.15, 0.2) is 42.5 Å². The van der Waals surface area contributed by atoms with Gasteiger partial charge in [0.15, 0.2) is 0 Å². The molecule has 2 atom stereocenters. The van der Waals surface area contributed by atoms with Crippen molar-refractivity contribution in [3.8, 4) is 0 Å². The van der Waals surface area contributed by atoms with Crippen LogP contribution in [0.3, 0.4) is 0 Å². The Bertz CT molecular complexity index is 1410. The fourth-order valence-corrected chi connectivity index (χ4v) is 5.49. The van der Waals surface area contributed by atoms with Gasteiger partial charge in [-0.1, -0.05) is 35.9 Å². The van der Waals surface area contributed by atoms with E-state index in [0.717, 1.165) is 16.9 Å². The molecule has 0 bridgehead atoms. The summed E-state index contributed by atoms with van der Waals surface area (Å²) in [5.74, 6) is -6.96. The van der Waals surface area contributed by atoms with Crippen molar-refractivity contribution >= 4 is 90.3 Å². The molecule has 0 aliphatic carbocycles. The highest BCUT2D eigenvalue weighted by molar-refractivity contribution is 6.58. The Morgan fingerprint density at radius 3 is 2.18 bits per heavy atom. The molecule has 39 heavy (non-hydrogen) atoms. The Morgan fingerprint density at radius 2 is 1.59 bits per heavy atom. The second-order valence-electron chi connectivity index (χ2n) is 11.6. The summed E-state index contributed by atoms with van der Waals surface area (Å²) >= 11 is 5.81. The molecule has 194 valence electrons. The summed E-state index contributed by atoms with van der Waals surface area (Å²) in [4.78, 5) is 54.5. The van der Waals surface area contributed by atoms with Crippen LogP contribution in [0, 0.1) is 0 Å². The first kappa shape index (κ1) is 29.1. The van der Waals surface area contributed by atoms with E-state index < -0.39 is 51.0 Å². The van der Waals surface area contributed by atoms with Gasteiger partial charge in [-0.3, -0.25) is 24.5 Å². The fourth-order valence-electron chi connectivity index (χ4n) is 5.36. The third kappa shape index (κ3) is 4.35. The summed E-state index contributed by atoms with van der Waals surface area (Å²) in [5, 5.41) is 0.619. The number of benzene rings is 2. The maximum atomic E-state index is 15.2. The molecule has 2 aliphatic rings. The number of amides is 4. The van der Waals surface area contributed by atoms with Crippen molar-refractivity contribution in [3.05, 3.63) is 69.7 Å². The van der Waals surface area contributed by atoms with Crippen molar-refractivity contribution in [2.75, 3.05) is 0 Å². The van der Waals surface area contributed by atoms with Crippen molar-refractivity contribution in [1.29, 1.82) is 0 Å². The first-order valence-corrected chi connectivity index (χ1v) is 13.0. The topological polar surface area (TPSA) is 86.8 Å². The molecule has 1 N–H and O–H groups in total. The van der Waals surface area contributed by atoms with E-state index in [-0.39, 0.29) is 17.5 Å². The van der Waals surface area contributed by atoms with Crippen LogP contribution in [0.25, 0.3) is 0 Å². The monoisotopic (exact) mass is 545 g/mol. The van der Waals surface area contributed by atoms with Gasteiger partial charge in [0, 0.05) is 22.7 Å². The molecule has 2 aliphatic heterocycles. The average molecular weight is 545 g/mol. The minimum Gasteiger partial charge on any atom is -0.393 e. The number of hydrogen-bond acceptors (Lipinski definition) is 4. The zero-order valence-corrected chi connectivity index (χ0v) is 23.7. The maximum Gasteiger partial charge on any atom is 0.348 e. The van der Waals surface area contributed by atoms with Crippen LogP contribution in [-0.2, 0) is 32.2 Å². The number of alkyl halides is 2. The lowest BCUT2D eigenvalue weighted by Gasteiger charge is -2.51. The molecule has 17 heteroatoms. The predicted molar refractivity (Wildman–Crippen MR) is 162 cm³/mol. The quantitative estimate of drug-likeness (QED) is 0.305. The van der Waals surface area contributed by atoms with Gasteiger partial charge in [-0.2, -0.15) is 8.78 Å². The molecule has 2 heterocycles. The predicted octanol–water partition coefficient (Wildman–Crippen LogP) is -4.37. The van der Waals surface area contributed by atoms with E-state index in [0.29, 0.717) is 16.7 Å². The number of nitrogens with zero attached hydrogens (tertiary/aromatic N) is 2. The van der Waals surface area contributed by atoms with E-state index >= 15 is 8.78 Å². The fraction of sp³-hybridized carbons (Fsp3) is 0.273. The largest absolute Gasteiger partial charge is 0.393 e. The molecule has 1 saturated heterocycles. The molecule has 0 spiro atoms. The van der Waals surface area contributed by atoms with E-state index in [1.807, 2.05) is 0 Å². The van der Waals surface area contributed by atoms with Gasteiger partial charge in [-0.25, -0.2) is 0 Å². The van der Waals surface area contributed by atoms with Gasteiger partial charge in [0.25, 0.3) is 11.8 Å². The van der Waals surface area contributed by atoms with Gasteiger partial charge >= 0.3 is 5.92 Å². The van der Waals surface area contributed by atoms with Gasteiger partial charge in [0.1, 0.15) is 47.1 Å². The van der Waals surface area contributed by atoms with Crippen molar-refractivity contribution in [1.82, 2.24) is 15.0 Å². The van der Waals surface area contributed by atoms with Gasteiger partial charge in [-0.05, 0) is 45.7 Å². The number of imide groups is 1. The van der Waals surface area contributed by atoms with Gasteiger partial charge < -0.3 is 9.71 Å². The molecule has 0 aromatic heterocycles.